The molecule has 0 saturated heterocycles. The van der Waals surface area contributed by atoms with Crippen molar-refractivity contribution in [2.75, 3.05) is 5.32 Å². The Balaban J connectivity index is 2.25. The van der Waals surface area contributed by atoms with Crippen LogP contribution in [0.3, 0.4) is 0 Å². The number of rotatable bonds is 3. The monoisotopic (exact) mass is 279 g/mol. The van der Waals surface area contributed by atoms with E-state index in [0.29, 0.717) is 0 Å². The van der Waals surface area contributed by atoms with Crippen LogP contribution in [0, 0.1) is 31.3 Å². The maximum atomic E-state index is 13.2. The van der Waals surface area contributed by atoms with E-state index >= 15 is 0 Å². The number of nitrogens with one attached hydrogen (secondary N) is 1. The van der Waals surface area contributed by atoms with Gasteiger partial charge in [0.25, 0.3) is 0 Å². The number of halogens is 3. The van der Waals surface area contributed by atoms with E-state index in [0.717, 1.165) is 28.8 Å². The molecule has 0 aromatic heterocycles. The molecule has 20 heavy (non-hydrogen) atoms. The number of anilines is 1. The molecule has 0 radical (unpaired) electrons. The standard InChI is InChI=1S/C16H16F3N/c1-9-4-10(2)6-12(5-9)11(3)20-13-7-14(17)16(19)15(18)8-13/h4-8,11,20H,1-3H3. The Kier molecular flexibility index (Phi) is 4.02. The minimum Gasteiger partial charge on any atom is -0.378 e. The second kappa shape index (κ2) is 5.57. The molecule has 2 rings (SSSR count). The van der Waals surface area contributed by atoms with E-state index in [-0.39, 0.29) is 11.7 Å². The summed E-state index contributed by atoms with van der Waals surface area (Å²) in [5.74, 6) is -3.84. The molecule has 1 atom stereocenters. The Hall–Kier alpha value is -1.97. The second-order valence-corrected chi connectivity index (χ2v) is 5.04. The van der Waals surface area contributed by atoms with Gasteiger partial charge in [0.1, 0.15) is 0 Å². The molecule has 0 aliphatic carbocycles. The summed E-state index contributed by atoms with van der Waals surface area (Å²) < 4.78 is 39.2. The first kappa shape index (κ1) is 14.4. The summed E-state index contributed by atoms with van der Waals surface area (Å²) in [6.07, 6.45) is 0. The third-order valence-corrected chi connectivity index (χ3v) is 3.11. The maximum absolute atomic E-state index is 13.2. The van der Waals surface area contributed by atoms with Crippen LogP contribution in [0.15, 0.2) is 30.3 Å². The molecule has 0 bridgehead atoms. The van der Waals surface area contributed by atoms with Crippen LogP contribution in [-0.2, 0) is 0 Å². The van der Waals surface area contributed by atoms with Crippen molar-refractivity contribution in [2.45, 2.75) is 26.8 Å². The minimum atomic E-state index is -1.45. The quantitative estimate of drug-likeness (QED) is 0.788. The van der Waals surface area contributed by atoms with E-state index in [1.54, 1.807) is 0 Å². The lowest BCUT2D eigenvalue weighted by Gasteiger charge is -2.17. The molecule has 4 heteroatoms. The van der Waals surface area contributed by atoms with Gasteiger partial charge < -0.3 is 5.32 Å². The highest BCUT2D eigenvalue weighted by molar-refractivity contribution is 5.47. The highest BCUT2D eigenvalue weighted by atomic mass is 19.2. The first-order valence-electron chi connectivity index (χ1n) is 6.36. The van der Waals surface area contributed by atoms with Crippen molar-refractivity contribution in [3.8, 4) is 0 Å². The number of hydrogen-bond acceptors (Lipinski definition) is 1. The Bertz CT molecular complexity index is 594. The van der Waals surface area contributed by atoms with Crippen LogP contribution >= 0.6 is 0 Å². The van der Waals surface area contributed by atoms with Crippen LogP contribution in [0.1, 0.15) is 29.7 Å². The smallest absolute Gasteiger partial charge is 0.194 e. The lowest BCUT2D eigenvalue weighted by Crippen LogP contribution is -2.08. The van der Waals surface area contributed by atoms with Gasteiger partial charge in [-0.15, -0.1) is 0 Å². The van der Waals surface area contributed by atoms with E-state index in [1.165, 1.54) is 0 Å². The molecule has 2 aromatic rings. The highest BCUT2D eigenvalue weighted by Crippen LogP contribution is 2.24. The number of aryl methyl sites for hydroxylation is 2. The zero-order valence-electron chi connectivity index (χ0n) is 11.6. The van der Waals surface area contributed by atoms with Crippen molar-refractivity contribution in [1.82, 2.24) is 0 Å². The first-order chi connectivity index (χ1) is 9.36. The van der Waals surface area contributed by atoms with Crippen molar-refractivity contribution in [2.24, 2.45) is 0 Å². The van der Waals surface area contributed by atoms with Crippen molar-refractivity contribution in [3.63, 3.8) is 0 Å². The van der Waals surface area contributed by atoms with Crippen LogP contribution in [0.5, 0.6) is 0 Å². The Morgan fingerprint density at radius 1 is 0.850 bits per heavy atom. The first-order valence-corrected chi connectivity index (χ1v) is 6.36. The van der Waals surface area contributed by atoms with Crippen LogP contribution in [0.2, 0.25) is 0 Å². The van der Waals surface area contributed by atoms with E-state index in [9.17, 15) is 13.2 Å². The zero-order valence-corrected chi connectivity index (χ0v) is 11.6. The molecule has 2 aromatic carbocycles. The van der Waals surface area contributed by atoms with Gasteiger partial charge in [-0.25, -0.2) is 13.2 Å². The molecule has 0 aliphatic rings. The predicted octanol–water partition coefficient (Wildman–Crippen LogP) is 4.89. The average Bonchev–Trinajstić information content (AvgIpc) is 2.34. The van der Waals surface area contributed by atoms with Crippen molar-refractivity contribution in [3.05, 3.63) is 64.5 Å². The molecule has 0 heterocycles. The van der Waals surface area contributed by atoms with Gasteiger partial charge in [-0.1, -0.05) is 29.3 Å². The molecule has 0 saturated carbocycles. The fourth-order valence-electron chi connectivity index (χ4n) is 2.23. The number of benzene rings is 2. The van der Waals surface area contributed by atoms with E-state index in [2.05, 4.69) is 5.32 Å². The summed E-state index contributed by atoms with van der Waals surface area (Å²) in [4.78, 5) is 0. The Labute approximate surface area is 116 Å². The molecule has 1 nitrogen and oxygen atoms in total. The van der Waals surface area contributed by atoms with Crippen LogP contribution < -0.4 is 5.32 Å². The van der Waals surface area contributed by atoms with Gasteiger partial charge >= 0.3 is 0 Å². The van der Waals surface area contributed by atoms with Gasteiger partial charge in [0.15, 0.2) is 17.5 Å². The minimum absolute atomic E-state index is 0.141. The van der Waals surface area contributed by atoms with Gasteiger partial charge in [0, 0.05) is 23.9 Å². The van der Waals surface area contributed by atoms with E-state index in [4.69, 9.17) is 0 Å². The molecule has 1 N–H and O–H groups in total. The zero-order chi connectivity index (χ0) is 14.9. The molecule has 1 unspecified atom stereocenters. The van der Waals surface area contributed by atoms with Crippen LogP contribution in [-0.4, -0.2) is 0 Å². The van der Waals surface area contributed by atoms with Crippen LogP contribution in [0.4, 0.5) is 18.9 Å². The second-order valence-electron chi connectivity index (χ2n) is 5.04. The normalized spacial score (nSPS) is 12.3. The van der Waals surface area contributed by atoms with Crippen molar-refractivity contribution < 1.29 is 13.2 Å². The molecular weight excluding hydrogens is 263 g/mol. The lowest BCUT2D eigenvalue weighted by molar-refractivity contribution is 0.447. The van der Waals surface area contributed by atoms with Crippen molar-refractivity contribution >= 4 is 5.69 Å². The fourth-order valence-corrected chi connectivity index (χ4v) is 2.23. The Morgan fingerprint density at radius 2 is 1.35 bits per heavy atom. The van der Waals surface area contributed by atoms with Crippen LogP contribution in [0.25, 0.3) is 0 Å². The van der Waals surface area contributed by atoms with Gasteiger partial charge in [-0.2, -0.15) is 0 Å². The molecular formula is C16H16F3N. The third-order valence-electron chi connectivity index (χ3n) is 3.11. The largest absolute Gasteiger partial charge is 0.378 e. The molecule has 0 spiro atoms. The SMILES string of the molecule is Cc1cc(C)cc(C(C)Nc2cc(F)c(F)c(F)c2)c1. The molecule has 0 amide bonds. The summed E-state index contributed by atoms with van der Waals surface area (Å²) in [6, 6.07) is 7.82. The number of hydrogen-bond donors (Lipinski definition) is 1. The molecule has 106 valence electrons. The van der Waals surface area contributed by atoms with Crippen molar-refractivity contribution in [1.29, 1.82) is 0 Å². The third kappa shape index (κ3) is 3.13. The summed E-state index contributed by atoms with van der Waals surface area (Å²) >= 11 is 0. The summed E-state index contributed by atoms with van der Waals surface area (Å²) in [5.41, 5.74) is 3.45. The lowest BCUT2D eigenvalue weighted by atomic mass is 10.0. The van der Waals surface area contributed by atoms with Gasteiger partial charge in [0.2, 0.25) is 0 Å². The highest BCUT2D eigenvalue weighted by Gasteiger charge is 2.13. The van der Waals surface area contributed by atoms with E-state index in [1.807, 2.05) is 39.0 Å². The summed E-state index contributed by atoms with van der Waals surface area (Å²) in [7, 11) is 0. The maximum Gasteiger partial charge on any atom is 0.194 e. The average molecular weight is 279 g/mol. The van der Waals surface area contributed by atoms with Gasteiger partial charge in [0.05, 0.1) is 0 Å². The molecule has 0 aliphatic heterocycles. The summed E-state index contributed by atoms with van der Waals surface area (Å²) in [5, 5.41) is 2.97. The molecule has 0 fully saturated rings. The predicted molar refractivity (Wildman–Crippen MR) is 74.3 cm³/mol. The topological polar surface area (TPSA) is 12.0 Å². The van der Waals surface area contributed by atoms with E-state index < -0.39 is 17.5 Å². The summed E-state index contributed by atoms with van der Waals surface area (Å²) in [6.45, 7) is 5.86. The Morgan fingerprint density at radius 3 is 1.85 bits per heavy atom. The fraction of sp³-hybridized carbons (Fsp3) is 0.250. The van der Waals surface area contributed by atoms with Gasteiger partial charge in [-0.05, 0) is 26.3 Å². The van der Waals surface area contributed by atoms with Gasteiger partial charge in [-0.3, -0.25) is 0 Å².